The van der Waals surface area contributed by atoms with Crippen LogP contribution in [-0.4, -0.2) is 25.8 Å². The zero-order chi connectivity index (χ0) is 14.8. The molecule has 0 bridgehead atoms. The SMILES string of the molecule is C=COCCCOC(=C)c1cccc(C(=O)OCC)c1. The Morgan fingerprint density at radius 2 is 2.00 bits per heavy atom. The Morgan fingerprint density at radius 1 is 1.25 bits per heavy atom. The normalized spacial score (nSPS) is 9.65. The van der Waals surface area contributed by atoms with Crippen LogP contribution in [-0.2, 0) is 14.2 Å². The molecule has 0 saturated heterocycles. The summed E-state index contributed by atoms with van der Waals surface area (Å²) in [6, 6.07) is 7.02. The Hall–Kier alpha value is -2.23. The van der Waals surface area contributed by atoms with Crippen molar-refractivity contribution in [3.63, 3.8) is 0 Å². The van der Waals surface area contributed by atoms with Crippen molar-refractivity contribution in [1.29, 1.82) is 0 Å². The van der Waals surface area contributed by atoms with Crippen molar-refractivity contribution in [2.24, 2.45) is 0 Å². The van der Waals surface area contributed by atoms with Crippen LogP contribution in [0, 0.1) is 0 Å². The molecule has 4 heteroatoms. The van der Waals surface area contributed by atoms with Gasteiger partial charge in [0.05, 0.1) is 31.6 Å². The van der Waals surface area contributed by atoms with Crippen LogP contribution in [0.1, 0.15) is 29.3 Å². The monoisotopic (exact) mass is 276 g/mol. The van der Waals surface area contributed by atoms with Gasteiger partial charge in [0.15, 0.2) is 0 Å². The fourth-order valence-corrected chi connectivity index (χ4v) is 1.54. The second-order valence-electron chi connectivity index (χ2n) is 3.96. The minimum atomic E-state index is -0.346. The second-order valence-corrected chi connectivity index (χ2v) is 3.96. The molecule has 0 heterocycles. The zero-order valence-corrected chi connectivity index (χ0v) is 11.8. The Balaban J connectivity index is 2.53. The van der Waals surface area contributed by atoms with Crippen LogP contribution in [0.4, 0.5) is 0 Å². The van der Waals surface area contributed by atoms with Gasteiger partial charge in [-0.1, -0.05) is 25.3 Å². The predicted molar refractivity (Wildman–Crippen MR) is 78.2 cm³/mol. The molecule has 0 unspecified atom stereocenters. The third kappa shape index (κ3) is 5.18. The molecule has 0 radical (unpaired) electrons. The van der Waals surface area contributed by atoms with Crippen LogP contribution in [0.2, 0.25) is 0 Å². The molecule has 0 spiro atoms. The van der Waals surface area contributed by atoms with E-state index >= 15 is 0 Å². The van der Waals surface area contributed by atoms with E-state index < -0.39 is 0 Å². The van der Waals surface area contributed by atoms with Gasteiger partial charge in [-0.15, -0.1) is 0 Å². The Morgan fingerprint density at radius 3 is 2.70 bits per heavy atom. The lowest BCUT2D eigenvalue weighted by Gasteiger charge is -2.10. The van der Waals surface area contributed by atoms with Gasteiger partial charge < -0.3 is 14.2 Å². The topological polar surface area (TPSA) is 44.8 Å². The van der Waals surface area contributed by atoms with E-state index in [-0.39, 0.29) is 5.97 Å². The Labute approximate surface area is 119 Å². The molecular formula is C16H20O4. The first kappa shape index (κ1) is 15.8. The van der Waals surface area contributed by atoms with Gasteiger partial charge >= 0.3 is 5.97 Å². The van der Waals surface area contributed by atoms with Crippen LogP contribution in [0.5, 0.6) is 0 Å². The number of rotatable bonds is 9. The molecule has 0 N–H and O–H groups in total. The van der Waals surface area contributed by atoms with Gasteiger partial charge in [0.2, 0.25) is 0 Å². The quantitative estimate of drug-likeness (QED) is 0.394. The van der Waals surface area contributed by atoms with E-state index in [0.717, 1.165) is 12.0 Å². The van der Waals surface area contributed by atoms with Crippen LogP contribution in [0.25, 0.3) is 5.76 Å². The van der Waals surface area contributed by atoms with E-state index in [1.807, 2.05) is 6.07 Å². The molecule has 0 aliphatic heterocycles. The van der Waals surface area contributed by atoms with E-state index in [1.54, 1.807) is 25.1 Å². The molecule has 0 aliphatic rings. The average Bonchev–Trinajstić information content (AvgIpc) is 2.47. The van der Waals surface area contributed by atoms with Gasteiger partial charge in [-0.2, -0.15) is 0 Å². The Kier molecular flexibility index (Phi) is 6.96. The maximum Gasteiger partial charge on any atom is 0.338 e. The van der Waals surface area contributed by atoms with Gasteiger partial charge in [0.1, 0.15) is 5.76 Å². The molecule has 1 aromatic carbocycles. The lowest BCUT2D eigenvalue weighted by molar-refractivity contribution is 0.0526. The average molecular weight is 276 g/mol. The summed E-state index contributed by atoms with van der Waals surface area (Å²) < 4.78 is 15.5. The minimum Gasteiger partial charge on any atom is -0.502 e. The first-order chi connectivity index (χ1) is 9.69. The van der Waals surface area contributed by atoms with Crippen molar-refractivity contribution in [1.82, 2.24) is 0 Å². The van der Waals surface area contributed by atoms with E-state index in [2.05, 4.69) is 13.2 Å². The van der Waals surface area contributed by atoms with Crippen molar-refractivity contribution in [2.75, 3.05) is 19.8 Å². The summed E-state index contributed by atoms with van der Waals surface area (Å²) in [4.78, 5) is 11.6. The fourth-order valence-electron chi connectivity index (χ4n) is 1.54. The summed E-state index contributed by atoms with van der Waals surface area (Å²) in [5.41, 5.74) is 1.25. The molecule has 0 saturated carbocycles. The van der Waals surface area contributed by atoms with E-state index in [1.165, 1.54) is 6.26 Å². The van der Waals surface area contributed by atoms with Crippen LogP contribution >= 0.6 is 0 Å². The van der Waals surface area contributed by atoms with Gasteiger partial charge in [-0.25, -0.2) is 4.79 Å². The number of ether oxygens (including phenoxy) is 3. The van der Waals surface area contributed by atoms with Gasteiger partial charge in [0.25, 0.3) is 0 Å². The molecule has 4 nitrogen and oxygen atoms in total. The van der Waals surface area contributed by atoms with Crippen LogP contribution < -0.4 is 0 Å². The highest BCUT2D eigenvalue weighted by molar-refractivity contribution is 5.90. The van der Waals surface area contributed by atoms with Crippen molar-refractivity contribution in [3.05, 3.63) is 54.8 Å². The van der Waals surface area contributed by atoms with Crippen molar-refractivity contribution < 1.29 is 19.0 Å². The third-order valence-corrected chi connectivity index (χ3v) is 2.50. The van der Waals surface area contributed by atoms with E-state index in [0.29, 0.717) is 31.1 Å². The highest BCUT2D eigenvalue weighted by Crippen LogP contribution is 2.16. The summed E-state index contributed by atoms with van der Waals surface area (Å²) in [6.45, 7) is 10.5. The standard InChI is InChI=1S/C16H20O4/c1-4-18-10-7-11-20-13(3)14-8-6-9-15(12-14)16(17)19-5-2/h4,6,8-9,12H,1,3,5,7,10-11H2,2H3. The van der Waals surface area contributed by atoms with Gasteiger partial charge in [0, 0.05) is 12.0 Å². The molecule has 0 aliphatic carbocycles. The first-order valence-corrected chi connectivity index (χ1v) is 6.50. The summed E-state index contributed by atoms with van der Waals surface area (Å²) in [5.74, 6) is 0.177. The smallest absolute Gasteiger partial charge is 0.338 e. The number of benzene rings is 1. The Bertz CT molecular complexity index is 465. The minimum absolute atomic E-state index is 0.346. The lowest BCUT2D eigenvalue weighted by Crippen LogP contribution is -2.05. The van der Waals surface area contributed by atoms with E-state index in [9.17, 15) is 4.79 Å². The maximum atomic E-state index is 11.6. The molecule has 1 aromatic rings. The van der Waals surface area contributed by atoms with Crippen molar-refractivity contribution in [2.45, 2.75) is 13.3 Å². The lowest BCUT2D eigenvalue weighted by atomic mass is 10.1. The van der Waals surface area contributed by atoms with Crippen LogP contribution in [0.15, 0.2) is 43.7 Å². The molecule has 108 valence electrons. The predicted octanol–water partition coefficient (Wildman–Crippen LogP) is 3.40. The molecule has 0 atom stereocenters. The molecule has 1 rings (SSSR count). The third-order valence-electron chi connectivity index (χ3n) is 2.50. The van der Waals surface area contributed by atoms with Gasteiger partial charge in [-0.3, -0.25) is 0 Å². The van der Waals surface area contributed by atoms with Crippen molar-refractivity contribution in [3.8, 4) is 0 Å². The molecule has 20 heavy (non-hydrogen) atoms. The number of hydrogen-bond acceptors (Lipinski definition) is 4. The highest BCUT2D eigenvalue weighted by atomic mass is 16.5. The number of hydrogen-bond donors (Lipinski definition) is 0. The second kappa shape index (κ2) is 8.80. The van der Waals surface area contributed by atoms with Gasteiger partial charge in [-0.05, 0) is 19.1 Å². The van der Waals surface area contributed by atoms with Crippen molar-refractivity contribution >= 4 is 11.7 Å². The summed E-state index contributed by atoms with van der Waals surface area (Å²) in [7, 11) is 0. The molecule has 0 fully saturated rings. The fraction of sp³-hybridized carbons (Fsp3) is 0.312. The molecule has 0 aromatic heterocycles. The van der Waals surface area contributed by atoms with E-state index in [4.69, 9.17) is 14.2 Å². The largest absolute Gasteiger partial charge is 0.502 e. The molecule has 0 amide bonds. The number of carbonyl (C=O) groups is 1. The summed E-state index contributed by atoms with van der Waals surface area (Å²) in [5, 5.41) is 0. The molecular weight excluding hydrogens is 256 g/mol. The first-order valence-electron chi connectivity index (χ1n) is 6.50. The zero-order valence-electron chi connectivity index (χ0n) is 11.8. The highest BCUT2D eigenvalue weighted by Gasteiger charge is 2.08. The maximum absolute atomic E-state index is 11.6. The van der Waals surface area contributed by atoms with Crippen LogP contribution in [0.3, 0.4) is 0 Å². The summed E-state index contributed by atoms with van der Waals surface area (Å²) >= 11 is 0. The number of esters is 1. The number of carbonyl (C=O) groups excluding carboxylic acids is 1. The summed E-state index contributed by atoms with van der Waals surface area (Å²) in [6.07, 6.45) is 2.14.